The maximum atomic E-state index is 13.6. The molecule has 272 valence electrons. The maximum absolute atomic E-state index is 13.6. The number of fused-ring (bicyclic) bond motifs is 1. The molecule has 2 fully saturated rings. The van der Waals surface area contributed by atoms with Crippen LogP contribution in [0.2, 0.25) is 0 Å². The highest BCUT2D eigenvalue weighted by molar-refractivity contribution is 14.2. The van der Waals surface area contributed by atoms with Gasteiger partial charge in [0.05, 0.1) is 12.4 Å². The zero-order chi connectivity index (χ0) is 35.7. The molecule has 15 heteroatoms. The number of hydrogen-bond donors (Lipinski definition) is 5. The number of halogens is 1. The minimum absolute atomic E-state index is 0.0565. The fraction of sp³-hybridized carbons (Fsp3) is 0.444. The Hall–Kier alpha value is -3.87. The number of aliphatic hydroxyl groups excluding tert-OH is 2. The van der Waals surface area contributed by atoms with E-state index in [1.54, 1.807) is 7.11 Å². The minimum atomic E-state index is -1.49. The van der Waals surface area contributed by atoms with Crippen molar-refractivity contribution in [1.29, 1.82) is 0 Å². The highest BCUT2D eigenvalue weighted by Gasteiger charge is 2.47. The summed E-state index contributed by atoms with van der Waals surface area (Å²) in [6.45, 7) is 3.68. The van der Waals surface area contributed by atoms with Crippen molar-refractivity contribution in [3.05, 3.63) is 83.9 Å². The van der Waals surface area contributed by atoms with Gasteiger partial charge in [0, 0.05) is 56.7 Å². The molecule has 0 radical (unpaired) electrons. The lowest BCUT2D eigenvalue weighted by Crippen LogP contribution is -2.43. The van der Waals surface area contributed by atoms with Gasteiger partial charge in [0.15, 0.2) is 29.3 Å². The predicted molar refractivity (Wildman–Crippen MR) is 202 cm³/mol. The predicted octanol–water partition coefficient (Wildman–Crippen LogP) is 2.05. The number of nitrogens with one attached hydrogen (secondary N) is 3. The number of rotatable bonds is 15. The summed E-state index contributed by atoms with van der Waals surface area (Å²) in [5.41, 5.74) is 2.73. The third-order valence-corrected chi connectivity index (χ3v) is 10.7. The summed E-state index contributed by atoms with van der Waals surface area (Å²) in [6, 6.07) is 20.2. The molecule has 2 saturated heterocycles. The Morgan fingerprint density at radius 2 is 1.69 bits per heavy atom. The van der Waals surface area contributed by atoms with Crippen LogP contribution in [0.15, 0.2) is 67.0 Å². The second-order valence-corrected chi connectivity index (χ2v) is 14.8. The number of methoxy groups -OCH3 is 1. The van der Waals surface area contributed by atoms with Crippen LogP contribution in [0.25, 0.3) is 11.2 Å². The lowest BCUT2D eigenvalue weighted by Gasteiger charge is -2.31. The number of hydrogen-bond acceptors (Lipinski definition) is 11. The maximum Gasteiger partial charge on any atom is 0.289 e. The van der Waals surface area contributed by atoms with Gasteiger partial charge in [0.25, 0.3) is 11.8 Å². The van der Waals surface area contributed by atoms with E-state index in [1.165, 1.54) is 10.9 Å². The van der Waals surface area contributed by atoms with Crippen LogP contribution < -0.4 is 16.0 Å². The molecule has 5 N–H and O–H groups in total. The Morgan fingerprint density at radius 3 is 2.33 bits per heavy atom. The molecule has 0 unspecified atom stereocenters. The van der Waals surface area contributed by atoms with Crippen LogP contribution in [-0.4, -0.2) is 126 Å². The second-order valence-electron chi connectivity index (χ2n) is 12.6. The van der Waals surface area contributed by atoms with Crippen molar-refractivity contribution >= 4 is 54.0 Å². The van der Waals surface area contributed by atoms with E-state index in [0.29, 0.717) is 37.5 Å². The smallest absolute Gasteiger partial charge is 0.289 e. The zero-order valence-corrected chi connectivity index (χ0v) is 30.7. The number of likely N-dealkylation sites (tertiary alicyclic amines) is 1. The number of piperidine rings is 1. The lowest BCUT2D eigenvalue weighted by atomic mass is 9.91. The van der Waals surface area contributed by atoms with Crippen molar-refractivity contribution in [3.63, 3.8) is 0 Å². The topological polar surface area (TPSA) is 176 Å². The first-order valence-electron chi connectivity index (χ1n) is 17.1. The summed E-state index contributed by atoms with van der Waals surface area (Å²) in [5, 5.41) is 31.0. The van der Waals surface area contributed by atoms with Crippen molar-refractivity contribution in [2.75, 3.05) is 56.1 Å². The van der Waals surface area contributed by atoms with Gasteiger partial charge in [-0.3, -0.25) is 14.2 Å². The first kappa shape index (κ1) is 36.9. The van der Waals surface area contributed by atoms with Crippen LogP contribution in [0.4, 0.5) is 5.82 Å². The van der Waals surface area contributed by atoms with Gasteiger partial charge in [-0.1, -0.05) is 65.2 Å². The minimum Gasteiger partial charge on any atom is -0.387 e. The van der Waals surface area contributed by atoms with E-state index in [0.717, 1.165) is 41.5 Å². The number of anilines is 1. The molecule has 0 spiro atoms. The summed E-state index contributed by atoms with van der Waals surface area (Å²) in [5.74, 6) is -0.831. The highest BCUT2D eigenvalue weighted by Crippen LogP contribution is 2.33. The number of carbonyl (C=O) groups is 2. The number of aromatic nitrogens is 4. The SMILES string of the molecule is C=ICCNC(=O)[C@H]1O[C@@H](n2cnc3c(NCC(c4ccccc4)c4ccccc4)nc(C(=O)NCCN4CCC(OC)CC4)nc32)[C@H](O)[C@@H]1O. The first-order valence-corrected chi connectivity index (χ1v) is 20.2. The number of imidazole rings is 1. The fourth-order valence-electron chi connectivity index (χ4n) is 6.54. The molecule has 0 bridgehead atoms. The van der Waals surface area contributed by atoms with Gasteiger partial charge < -0.3 is 40.5 Å². The highest BCUT2D eigenvalue weighted by atomic mass is 127. The number of nitrogens with zero attached hydrogens (tertiary/aromatic N) is 5. The number of amides is 2. The largest absolute Gasteiger partial charge is 0.387 e. The standard InChI is InChI=1S/C36H45IN8O6/c1-37-15-16-38-34(48)30-28(46)29(47)36(51-30)45-22-41-27-31(40-21-26(23-9-5-3-6-10-23)24-11-7-4-8-12-24)42-32(43-33(27)45)35(49)39-17-20-44-18-13-25(50-2)14-19-44/h3-12,22,25-26,28-30,36,46-47H,1,13-21H2,2H3,(H,38,48)(H,39,49)(H,40,42,43)/t28-,29+,30-,36+/m0/s1. The molecule has 2 aliphatic rings. The molecule has 4 atom stereocenters. The number of carbonyl (C=O) groups excluding carboxylic acids is 2. The van der Waals surface area contributed by atoms with E-state index in [9.17, 15) is 19.8 Å². The van der Waals surface area contributed by atoms with Gasteiger partial charge in [0.1, 0.15) is 12.2 Å². The summed E-state index contributed by atoms with van der Waals surface area (Å²) < 4.78 is 17.5. The van der Waals surface area contributed by atoms with Crippen LogP contribution in [0, 0.1) is 0 Å². The molecular formula is C36H45IN8O6. The van der Waals surface area contributed by atoms with Gasteiger partial charge in [-0.15, -0.1) is 20.7 Å². The summed E-state index contributed by atoms with van der Waals surface area (Å²) in [4.78, 5) is 42.5. The molecule has 2 aromatic heterocycles. The Labute approximate surface area is 306 Å². The Kier molecular flexibility index (Phi) is 12.7. The van der Waals surface area contributed by atoms with E-state index in [1.807, 2.05) is 36.4 Å². The summed E-state index contributed by atoms with van der Waals surface area (Å²) >= 11 is -0.265. The van der Waals surface area contributed by atoms with Crippen molar-refractivity contribution in [2.45, 2.75) is 49.4 Å². The quantitative estimate of drug-likeness (QED) is 0.0676. The average molecular weight is 813 g/mol. The van der Waals surface area contributed by atoms with Crippen LogP contribution >= 0.6 is 20.7 Å². The van der Waals surface area contributed by atoms with Gasteiger partial charge >= 0.3 is 0 Å². The molecule has 4 aromatic rings. The number of ether oxygens (including phenoxy) is 2. The summed E-state index contributed by atoms with van der Waals surface area (Å²) in [7, 11) is 1.74. The molecule has 14 nitrogen and oxygen atoms in total. The van der Waals surface area contributed by atoms with Gasteiger partial charge in [-0.25, -0.2) is 15.0 Å². The monoisotopic (exact) mass is 812 g/mol. The van der Waals surface area contributed by atoms with Crippen LogP contribution in [0.3, 0.4) is 0 Å². The van der Waals surface area contributed by atoms with E-state index in [4.69, 9.17) is 9.47 Å². The van der Waals surface area contributed by atoms with E-state index in [-0.39, 0.29) is 44.2 Å². The molecule has 0 aliphatic carbocycles. The molecule has 2 aliphatic heterocycles. The molecular weight excluding hydrogens is 767 g/mol. The molecule has 2 aromatic carbocycles. The van der Waals surface area contributed by atoms with Crippen LogP contribution in [0.5, 0.6) is 0 Å². The van der Waals surface area contributed by atoms with E-state index < -0.39 is 36.4 Å². The van der Waals surface area contributed by atoms with Crippen molar-refractivity contribution in [3.8, 4) is 0 Å². The normalized spacial score (nSPS) is 21.3. The molecule has 0 saturated carbocycles. The van der Waals surface area contributed by atoms with Gasteiger partial charge in [-0.05, 0) is 24.0 Å². The Morgan fingerprint density at radius 1 is 1.00 bits per heavy atom. The molecule has 51 heavy (non-hydrogen) atoms. The zero-order valence-electron chi connectivity index (χ0n) is 28.5. The third-order valence-electron chi connectivity index (χ3n) is 9.38. The van der Waals surface area contributed by atoms with Gasteiger partial charge in [-0.2, -0.15) is 0 Å². The number of alkyl halides is 1. The van der Waals surface area contributed by atoms with Crippen molar-refractivity contribution < 1.29 is 29.3 Å². The average Bonchev–Trinajstić information content (AvgIpc) is 3.72. The van der Waals surface area contributed by atoms with Gasteiger partial charge in [0.2, 0.25) is 5.82 Å². The Balaban J connectivity index is 1.27. The second kappa shape index (κ2) is 17.6. The van der Waals surface area contributed by atoms with Crippen molar-refractivity contribution in [2.24, 2.45) is 0 Å². The van der Waals surface area contributed by atoms with Crippen LogP contribution in [0.1, 0.15) is 46.7 Å². The van der Waals surface area contributed by atoms with E-state index >= 15 is 0 Å². The lowest BCUT2D eigenvalue weighted by molar-refractivity contribution is -0.137. The molecule has 2 amide bonds. The Bertz CT molecular complexity index is 1730. The number of aliphatic hydroxyl groups is 2. The molecule has 6 rings (SSSR count). The molecule has 4 heterocycles. The van der Waals surface area contributed by atoms with Crippen molar-refractivity contribution in [1.82, 2.24) is 35.1 Å². The third kappa shape index (κ3) is 8.78. The first-order chi connectivity index (χ1) is 24.9. The fourth-order valence-corrected chi connectivity index (χ4v) is 7.20. The number of benzene rings is 2. The van der Waals surface area contributed by atoms with E-state index in [2.05, 4.69) is 64.6 Å². The van der Waals surface area contributed by atoms with Crippen LogP contribution in [-0.2, 0) is 14.3 Å². The summed E-state index contributed by atoms with van der Waals surface area (Å²) in [6.07, 6.45) is -1.89.